The average molecular weight is 209 g/mol. The van der Waals surface area contributed by atoms with Gasteiger partial charge >= 0.3 is 0 Å². The van der Waals surface area contributed by atoms with E-state index in [2.05, 4.69) is 0 Å². The van der Waals surface area contributed by atoms with Gasteiger partial charge in [-0.15, -0.1) is 0 Å². The van der Waals surface area contributed by atoms with Crippen LogP contribution in [0.15, 0.2) is 24.3 Å². The van der Waals surface area contributed by atoms with Crippen molar-refractivity contribution in [3.63, 3.8) is 0 Å². The van der Waals surface area contributed by atoms with Crippen LogP contribution in [0.4, 0.5) is 10.1 Å². The van der Waals surface area contributed by atoms with Gasteiger partial charge < -0.3 is 10.0 Å². The van der Waals surface area contributed by atoms with Crippen LogP contribution in [-0.4, -0.2) is 25.3 Å². The molecule has 0 aromatic heterocycles. The summed E-state index contributed by atoms with van der Waals surface area (Å²) in [7, 11) is 1.87. The molecule has 0 aliphatic heterocycles. The van der Waals surface area contributed by atoms with Crippen molar-refractivity contribution in [3.8, 4) is 0 Å². The summed E-state index contributed by atoms with van der Waals surface area (Å²) in [4.78, 5) is 1.89. The van der Waals surface area contributed by atoms with E-state index in [1.54, 1.807) is 12.1 Å². The Morgan fingerprint density at radius 3 is 2.60 bits per heavy atom. The van der Waals surface area contributed by atoms with Crippen molar-refractivity contribution in [2.75, 3.05) is 25.1 Å². The highest BCUT2D eigenvalue weighted by atomic mass is 19.1. The standard InChI is InChI=1S/C12H16FNO/c1-14(8-12(9-15)6-7-12)11-5-3-2-4-10(11)13/h2-5,15H,6-9H2,1H3. The fraction of sp³-hybridized carbons (Fsp3) is 0.500. The van der Waals surface area contributed by atoms with Crippen LogP contribution in [0.5, 0.6) is 0 Å². The van der Waals surface area contributed by atoms with Gasteiger partial charge in [0.25, 0.3) is 0 Å². The van der Waals surface area contributed by atoms with Gasteiger partial charge in [0.1, 0.15) is 5.82 Å². The van der Waals surface area contributed by atoms with Gasteiger partial charge in [-0.3, -0.25) is 0 Å². The third kappa shape index (κ3) is 2.12. The Bertz CT molecular complexity index is 349. The molecular weight excluding hydrogens is 193 g/mol. The quantitative estimate of drug-likeness (QED) is 0.820. The number of hydrogen-bond donors (Lipinski definition) is 1. The second kappa shape index (κ2) is 3.81. The Hall–Kier alpha value is -1.09. The number of aliphatic hydroxyl groups excluding tert-OH is 1. The molecule has 1 N–H and O–H groups in total. The van der Waals surface area contributed by atoms with E-state index in [0.717, 1.165) is 19.4 Å². The van der Waals surface area contributed by atoms with E-state index in [-0.39, 0.29) is 17.8 Å². The van der Waals surface area contributed by atoms with Crippen molar-refractivity contribution in [3.05, 3.63) is 30.1 Å². The Morgan fingerprint density at radius 1 is 1.40 bits per heavy atom. The van der Waals surface area contributed by atoms with Gasteiger partial charge in [0.15, 0.2) is 0 Å². The normalized spacial score (nSPS) is 17.5. The van der Waals surface area contributed by atoms with Gasteiger partial charge in [0, 0.05) is 19.0 Å². The van der Waals surface area contributed by atoms with Crippen molar-refractivity contribution in [1.82, 2.24) is 0 Å². The first kappa shape index (κ1) is 10.4. The summed E-state index contributed by atoms with van der Waals surface area (Å²) in [5.74, 6) is -0.200. The Kier molecular flexibility index (Phi) is 2.65. The molecule has 0 heterocycles. The minimum atomic E-state index is -0.200. The van der Waals surface area contributed by atoms with Crippen molar-refractivity contribution in [2.45, 2.75) is 12.8 Å². The second-order valence-electron chi connectivity index (χ2n) is 4.47. The molecule has 0 atom stereocenters. The number of para-hydroxylation sites is 1. The molecule has 0 saturated heterocycles. The van der Waals surface area contributed by atoms with Crippen LogP contribution in [0.3, 0.4) is 0 Å². The largest absolute Gasteiger partial charge is 0.396 e. The molecule has 0 spiro atoms. The van der Waals surface area contributed by atoms with Gasteiger partial charge in [-0.25, -0.2) is 4.39 Å². The fourth-order valence-electron chi connectivity index (χ4n) is 1.89. The minimum Gasteiger partial charge on any atom is -0.396 e. The lowest BCUT2D eigenvalue weighted by molar-refractivity contribution is 0.215. The van der Waals surface area contributed by atoms with E-state index >= 15 is 0 Å². The topological polar surface area (TPSA) is 23.5 Å². The number of anilines is 1. The maximum absolute atomic E-state index is 13.4. The zero-order chi connectivity index (χ0) is 10.9. The zero-order valence-corrected chi connectivity index (χ0v) is 8.91. The smallest absolute Gasteiger partial charge is 0.146 e. The van der Waals surface area contributed by atoms with Crippen LogP contribution >= 0.6 is 0 Å². The maximum atomic E-state index is 13.4. The van der Waals surface area contributed by atoms with E-state index in [1.807, 2.05) is 18.0 Å². The molecule has 15 heavy (non-hydrogen) atoms. The first-order valence-corrected chi connectivity index (χ1v) is 5.23. The van der Waals surface area contributed by atoms with Crippen LogP contribution in [0.25, 0.3) is 0 Å². The first-order valence-electron chi connectivity index (χ1n) is 5.23. The summed E-state index contributed by atoms with van der Waals surface area (Å²) in [6, 6.07) is 6.74. The highest BCUT2D eigenvalue weighted by Gasteiger charge is 2.43. The summed E-state index contributed by atoms with van der Waals surface area (Å²) in [5, 5.41) is 9.20. The van der Waals surface area contributed by atoms with Crippen molar-refractivity contribution >= 4 is 5.69 Å². The molecule has 1 aromatic carbocycles. The predicted octanol–water partition coefficient (Wildman–Crippen LogP) is 2.03. The lowest BCUT2D eigenvalue weighted by Gasteiger charge is -2.24. The predicted molar refractivity (Wildman–Crippen MR) is 58.4 cm³/mol. The maximum Gasteiger partial charge on any atom is 0.146 e. The summed E-state index contributed by atoms with van der Waals surface area (Å²) in [6.07, 6.45) is 2.09. The van der Waals surface area contributed by atoms with Crippen molar-refractivity contribution < 1.29 is 9.50 Å². The van der Waals surface area contributed by atoms with E-state index in [4.69, 9.17) is 0 Å². The average Bonchev–Trinajstić information content (AvgIpc) is 2.99. The van der Waals surface area contributed by atoms with Crippen LogP contribution in [0.2, 0.25) is 0 Å². The second-order valence-corrected chi connectivity index (χ2v) is 4.47. The molecule has 0 amide bonds. The highest BCUT2D eigenvalue weighted by Crippen LogP contribution is 2.46. The van der Waals surface area contributed by atoms with Crippen LogP contribution in [-0.2, 0) is 0 Å². The highest BCUT2D eigenvalue weighted by molar-refractivity contribution is 5.47. The number of aliphatic hydroxyl groups is 1. The Balaban J connectivity index is 2.08. The van der Waals surface area contributed by atoms with Crippen molar-refractivity contribution in [2.24, 2.45) is 5.41 Å². The summed E-state index contributed by atoms with van der Waals surface area (Å²) in [5.41, 5.74) is 0.633. The van der Waals surface area contributed by atoms with Gasteiger partial charge in [-0.1, -0.05) is 12.1 Å². The van der Waals surface area contributed by atoms with E-state index in [0.29, 0.717) is 5.69 Å². The van der Waals surface area contributed by atoms with E-state index < -0.39 is 0 Å². The Morgan fingerprint density at radius 2 is 2.07 bits per heavy atom. The fourth-order valence-corrected chi connectivity index (χ4v) is 1.89. The van der Waals surface area contributed by atoms with Crippen LogP contribution in [0.1, 0.15) is 12.8 Å². The zero-order valence-electron chi connectivity index (χ0n) is 8.91. The monoisotopic (exact) mass is 209 g/mol. The summed E-state index contributed by atoms with van der Waals surface area (Å²) < 4.78 is 13.4. The van der Waals surface area contributed by atoms with E-state index in [1.165, 1.54) is 6.07 Å². The molecule has 0 bridgehead atoms. The molecule has 1 aromatic rings. The lowest BCUT2D eigenvalue weighted by Crippen LogP contribution is -2.29. The number of halogens is 1. The number of nitrogens with zero attached hydrogens (tertiary/aromatic N) is 1. The van der Waals surface area contributed by atoms with Crippen LogP contribution in [0, 0.1) is 11.2 Å². The number of benzene rings is 1. The molecule has 0 radical (unpaired) electrons. The van der Waals surface area contributed by atoms with Crippen LogP contribution < -0.4 is 4.90 Å². The van der Waals surface area contributed by atoms with Gasteiger partial charge in [-0.05, 0) is 25.0 Å². The SMILES string of the molecule is CN(CC1(CO)CC1)c1ccccc1F. The summed E-state index contributed by atoms with van der Waals surface area (Å²) in [6.45, 7) is 0.927. The molecule has 0 unspecified atom stereocenters. The molecular formula is C12H16FNO. The number of rotatable bonds is 4. The number of hydrogen-bond acceptors (Lipinski definition) is 2. The third-order valence-corrected chi connectivity index (χ3v) is 3.13. The van der Waals surface area contributed by atoms with E-state index in [9.17, 15) is 9.50 Å². The molecule has 1 fully saturated rings. The molecule has 1 aliphatic rings. The van der Waals surface area contributed by atoms with Crippen molar-refractivity contribution in [1.29, 1.82) is 0 Å². The first-order chi connectivity index (χ1) is 7.17. The molecule has 3 heteroatoms. The molecule has 1 saturated carbocycles. The molecule has 2 rings (SSSR count). The van der Waals surface area contributed by atoms with Gasteiger partial charge in [0.2, 0.25) is 0 Å². The van der Waals surface area contributed by atoms with Gasteiger partial charge in [-0.2, -0.15) is 0 Å². The van der Waals surface area contributed by atoms with Gasteiger partial charge in [0.05, 0.1) is 12.3 Å². The molecule has 2 nitrogen and oxygen atoms in total. The molecule has 1 aliphatic carbocycles. The third-order valence-electron chi connectivity index (χ3n) is 3.13. The minimum absolute atomic E-state index is 0.0248. The lowest BCUT2D eigenvalue weighted by atomic mass is 10.1. The Labute approximate surface area is 89.3 Å². The summed E-state index contributed by atoms with van der Waals surface area (Å²) >= 11 is 0. The molecule has 82 valence electrons.